The van der Waals surface area contributed by atoms with Gasteiger partial charge < -0.3 is 9.84 Å². The van der Waals surface area contributed by atoms with Crippen molar-refractivity contribution in [2.24, 2.45) is 5.92 Å². The Morgan fingerprint density at radius 1 is 1.08 bits per heavy atom. The van der Waals surface area contributed by atoms with Gasteiger partial charge in [-0.25, -0.2) is 0 Å². The van der Waals surface area contributed by atoms with E-state index in [2.05, 4.69) is 0 Å². The van der Waals surface area contributed by atoms with Crippen LogP contribution in [0.5, 0.6) is 0 Å². The fourth-order valence-corrected chi connectivity index (χ4v) is 2.28. The standard InChI is InChI=1S/C21H24O3/c1-17(15-24-16-19-10-6-3-7-11-19)21(23)14-20(22)13-12-18-8-4-2-5-9-18/h2-13,17,20,22H,14-16H2,1H3/b13-12+/t17-,20-/m0/s1. The van der Waals surface area contributed by atoms with Gasteiger partial charge in [0.2, 0.25) is 0 Å². The maximum atomic E-state index is 12.1. The number of ether oxygens (including phenoxy) is 1. The van der Waals surface area contributed by atoms with Crippen molar-refractivity contribution in [1.82, 2.24) is 0 Å². The van der Waals surface area contributed by atoms with E-state index in [4.69, 9.17) is 4.74 Å². The molecule has 0 aromatic heterocycles. The molecule has 0 bridgehead atoms. The van der Waals surface area contributed by atoms with Crippen LogP contribution in [-0.4, -0.2) is 23.6 Å². The summed E-state index contributed by atoms with van der Waals surface area (Å²) in [5, 5.41) is 9.98. The Balaban J connectivity index is 1.71. The van der Waals surface area contributed by atoms with Crippen LogP contribution in [0.4, 0.5) is 0 Å². The Morgan fingerprint density at radius 3 is 2.38 bits per heavy atom. The molecule has 0 aliphatic heterocycles. The van der Waals surface area contributed by atoms with E-state index in [1.54, 1.807) is 6.08 Å². The van der Waals surface area contributed by atoms with Gasteiger partial charge in [0.05, 0.1) is 19.3 Å². The summed E-state index contributed by atoms with van der Waals surface area (Å²) in [7, 11) is 0. The molecule has 126 valence electrons. The van der Waals surface area contributed by atoms with E-state index in [1.807, 2.05) is 73.7 Å². The zero-order valence-electron chi connectivity index (χ0n) is 14.0. The van der Waals surface area contributed by atoms with Crippen molar-refractivity contribution in [3.63, 3.8) is 0 Å². The summed E-state index contributed by atoms with van der Waals surface area (Å²) in [4.78, 5) is 12.1. The fraction of sp³-hybridized carbons (Fsp3) is 0.286. The average molecular weight is 324 g/mol. The van der Waals surface area contributed by atoms with Gasteiger partial charge >= 0.3 is 0 Å². The molecule has 2 rings (SSSR count). The van der Waals surface area contributed by atoms with Crippen LogP contribution in [0, 0.1) is 5.92 Å². The van der Waals surface area contributed by atoms with Crippen LogP contribution in [0.3, 0.4) is 0 Å². The van der Waals surface area contributed by atoms with Gasteiger partial charge in [0.15, 0.2) is 0 Å². The molecule has 0 aliphatic rings. The Labute approximate surface area is 143 Å². The minimum atomic E-state index is -0.769. The first-order valence-electron chi connectivity index (χ1n) is 8.21. The predicted molar refractivity (Wildman–Crippen MR) is 96.4 cm³/mol. The first-order chi connectivity index (χ1) is 11.6. The van der Waals surface area contributed by atoms with E-state index in [0.717, 1.165) is 11.1 Å². The smallest absolute Gasteiger partial charge is 0.140 e. The summed E-state index contributed by atoms with van der Waals surface area (Å²) in [6.07, 6.45) is 2.83. The van der Waals surface area contributed by atoms with E-state index in [1.165, 1.54) is 0 Å². The van der Waals surface area contributed by atoms with Crippen LogP contribution in [0.25, 0.3) is 6.08 Å². The van der Waals surface area contributed by atoms with E-state index >= 15 is 0 Å². The van der Waals surface area contributed by atoms with Crippen LogP contribution in [0.1, 0.15) is 24.5 Å². The Bertz CT molecular complexity index is 635. The largest absolute Gasteiger partial charge is 0.389 e. The monoisotopic (exact) mass is 324 g/mol. The summed E-state index contributed by atoms with van der Waals surface area (Å²) in [5.41, 5.74) is 2.09. The molecule has 0 radical (unpaired) electrons. The van der Waals surface area contributed by atoms with Crippen LogP contribution < -0.4 is 0 Å². The number of aliphatic hydroxyl groups excluding tert-OH is 1. The van der Waals surface area contributed by atoms with E-state index in [0.29, 0.717) is 13.2 Å². The first-order valence-corrected chi connectivity index (χ1v) is 8.21. The lowest BCUT2D eigenvalue weighted by Gasteiger charge is -2.13. The van der Waals surface area contributed by atoms with Gasteiger partial charge in [0, 0.05) is 12.3 Å². The summed E-state index contributed by atoms with van der Waals surface area (Å²) in [6, 6.07) is 19.6. The Kier molecular flexibility index (Phi) is 7.40. The maximum absolute atomic E-state index is 12.1. The van der Waals surface area contributed by atoms with Gasteiger partial charge in [-0.3, -0.25) is 4.79 Å². The second-order valence-corrected chi connectivity index (χ2v) is 5.91. The zero-order chi connectivity index (χ0) is 17.2. The second kappa shape index (κ2) is 9.81. The number of carbonyl (C=O) groups excluding carboxylic acids is 1. The third-order valence-corrected chi connectivity index (χ3v) is 3.75. The fourth-order valence-electron chi connectivity index (χ4n) is 2.28. The molecule has 3 nitrogen and oxygen atoms in total. The van der Waals surface area contributed by atoms with Crippen molar-refractivity contribution in [3.05, 3.63) is 77.9 Å². The maximum Gasteiger partial charge on any atom is 0.140 e. The lowest BCUT2D eigenvalue weighted by atomic mass is 10.0. The molecular weight excluding hydrogens is 300 g/mol. The van der Waals surface area contributed by atoms with Gasteiger partial charge in [-0.15, -0.1) is 0 Å². The number of benzene rings is 2. The number of ketones is 1. The highest BCUT2D eigenvalue weighted by atomic mass is 16.5. The molecule has 24 heavy (non-hydrogen) atoms. The van der Waals surface area contributed by atoms with Crippen LogP contribution in [-0.2, 0) is 16.1 Å². The molecule has 0 unspecified atom stereocenters. The van der Waals surface area contributed by atoms with Gasteiger partial charge in [-0.05, 0) is 11.1 Å². The predicted octanol–water partition coefficient (Wildman–Crippen LogP) is 3.87. The highest BCUT2D eigenvalue weighted by Gasteiger charge is 2.16. The molecule has 0 heterocycles. The molecule has 1 N–H and O–H groups in total. The molecular formula is C21H24O3. The third-order valence-electron chi connectivity index (χ3n) is 3.75. The lowest BCUT2D eigenvalue weighted by molar-refractivity contribution is -0.125. The Hall–Kier alpha value is -2.23. The summed E-state index contributed by atoms with van der Waals surface area (Å²) in [5.74, 6) is -0.221. The van der Waals surface area contributed by atoms with E-state index < -0.39 is 6.10 Å². The highest BCUT2D eigenvalue weighted by molar-refractivity contribution is 5.81. The van der Waals surface area contributed by atoms with Crippen LogP contribution >= 0.6 is 0 Å². The van der Waals surface area contributed by atoms with E-state index in [-0.39, 0.29) is 18.1 Å². The quantitative estimate of drug-likeness (QED) is 0.761. The zero-order valence-corrected chi connectivity index (χ0v) is 14.0. The average Bonchev–Trinajstić information content (AvgIpc) is 2.61. The summed E-state index contributed by atoms with van der Waals surface area (Å²) < 4.78 is 5.59. The Morgan fingerprint density at radius 2 is 1.71 bits per heavy atom. The van der Waals surface area contributed by atoms with Crippen LogP contribution in [0.2, 0.25) is 0 Å². The van der Waals surface area contributed by atoms with Crippen molar-refractivity contribution in [3.8, 4) is 0 Å². The number of rotatable bonds is 9. The van der Waals surface area contributed by atoms with Crippen molar-refractivity contribution in [2.75, 3.05) is 6.61 Å². The van der Waals surface area contributed by atoms with Crippen molar-refractivity contribution >= 4 is 11.9 Å². The minimum Gasteiger partial charge on any atom is -0.389 e. The molecule has 3 heteroatoms. The van der Waals surface area contributed by atoms with Crippen molar-refractivity contribution in [1.29, 1.82) is 0 Å². The third kappa shape index (κ3) is 6.49. The second-order valence-electron chi connectivity index (χ2n) is 5.91. The molecule has 0 saturated carbocycles. The summed E-state index contributed by atoms with van der Waals surface area (Å²) in [6.45, 7) is 2.69. The van der Waals surface area contributed by atoms with Gasteiger partial charge in [-0.2, -0.15) is 0 Å². The molecule has 0 amide bonds. The molecule has 2 atom stereocenters. The van der Waals surface area contributed by atoms with Gasteiger partial charge in [0.25, 0.3) is 0 Å². The van der Waals surface area contributed by atoms with Crippen LogP contribution in [0.15, 0.2) is 66.7 Å². The SMILES string of the molecule is C[C@@H](COCc1ccccc1)C(=O)C[C@@H](O)/C=C/c1ccccc1. The molecule has 0 saturated heterocycles. The summed E-state index contributed by atoms with van der Waals surface area (Å²) >= 11 is 0. The lowest BCUT2D eigenvalue weighted by Crippen LogP contribution is -2.21. The topological polar surface area (TPSA) is 46.5 Å². The number of hydrogen-bond acceptors (Lipinski definition) is 3. The molecule has 0 fully saturated rings. The van der Waals surface area contributed by atoms with Gasteiger partial charge in [-0.1, -0.05) is 79.7 Å². The molecule has 0 spiro atoms. The van der Waals surface area contributed by atoms with Crippen molar-refractivity contribution < 1.29 is 14.6 Å². The highest BCUT2D eigenvalue weighted by Crippen LogP contribution is 2.09. The number of Topliss-reactive ketones (excluding diaryl/α,β-unsaturated/α-hetero) is 1. The minimum absolute atomic E-state index is 0.00766. The number of carbonyl (C=O) groups is 1. The normalized spacial score (nSPS) is 13.8. The molecule has 0 aliphatic carbocycles. The van der Waals surface area contributed by atoms with Gasteiger partial charge in [0.1, 0.15) is 5.78 Å². The van der Waals surface area contributed by atoms with E-state index in [9.17, 15) is 9.90 Å². The molecule has 2 aromatic rings. The van der Waals surface area contributed by atoms with Crippen molar-refractivity contribution in [2.45, 2.75) is 26.1 Å². The molecule has 2 aromatic carbocycles. The number of hydrogen-bond donors (Lipinski definition) is 1. The number of aliphatic hydroxyl groups is 1. The first kappa shape index (κ1) is 18.1.